The van der Waals surface area contributed by atoms with Gasteiger partial charge < -0.3 is 14.5 Å². The van der Waals surface area contributed by atoms with Crippen LogP contribution < -0.4 is 10.9 Å². The van der Waals surface area contributed by atoms with Crippen LogP contribution in [0.5, 0.6) is 0 Å². The zero-order chi connectivity index (χ0) is 22.1. The summed E-state index contributed by atoms with van der Waals surface area (Å²) in [4.78, 5) is 50.0. The molecule has 1 N–H and O–H groups in total. The largest absolute Gasteiger partial charge is 0.459 e. The predicted molar refractivity (Wildman–Crippen MR) is 110 cm³/mol. The first-order valence-electron chi connectivity index (χ1n) is 9.99. The molecule has 30 heavy (non-hydrogen) atoms. The van der Waals surface area contributed by atoms with Gasteiger partial charge in [-0.3, -0.25) is 14.5 Å². The molecule has 0 spiro atoms. The summed E-state index contributed by atoms with van der Waals surface area (Å²) in [6.45, 7) is 6.77. The Morgan fingerprint density at radius 2 is 1.97 bits per heavy atom. The number of nitrogens with zero attached hydrogens (tertiary/aromatic N) is 1. The number of ether oxygens (including phenoxy) is 1. The van der Waals surface area contributed by atoms with Crippen LogP contribution in [0.15, 0.2) is 27.4 Å². The number of urea groups is 1. The van der Waals surface area contributed by atoms with E-state index >= 15 is 0 Å². The number of fused-ring (bicyclic) bond motifs is 1. The Labute approximate surface area is 174 Å². The van der Waals surface area contributed by atoms with E-state index in [1.54, 1.807) is 13.0 Å². The molecule has 1 saturated heterocycles. The van der Waals surface area contributed by atoms with Crippen LogP contribution in [-0.2, 0) is 20.9 Å². The molecular weight excluding hydrogens is 388 g/mol. The van der Waals surface area contributed by atoms with Crippen LogP contribution in [0.3, 0.4) is 0 Å². The average Bonchev–Trinajstić information content (AvgIpc) is 2.91. The number of carbonyl (C=O) groups excluding carboxylic acids is 3. The highest BCUT2D eigenvalue weighted by Gasteiger charge is 2.47. The molecule has 1 aliphatic heterocycles. The maximum absolute atomic E-state index is 12.6. The third-order valence-corrected chi connectivity index (χ3v) is 5.57. The second-order valence-electron chi connectivity index (χ2n) is 7.89. The summed E-state index contributed by atoms with van der Waals surface area (Å²) < 4.78 is 10.6. The minimum Gasteiger partial charge on any atom is -0.459 e. The highest BCUT2D eigenvalue weighted by Crippen LogP contribution is 2.25. The zero-order valence-corrected chi connectivity index (χ0v) is 17.7. The van der Waals surface area contributed by atoms with Gasteiger partial charge in [0.15, 0.2) is 0 Å². The van der Waals surface area contributed by atoms with Crippen LogP contribution >= 0.6 is 0 Å². The lowest BCUT2D eigenvalue weighted by atomic mass is 9.95. The Balaban J connectivity index is 1.71. The molecular formula is C22H26N2O6. The third kappa shape index (κ3) is 4.08. The number of amides is 3. The Bertz CT molecular complexity index is 1070. The van der Waals surface area contributed by atoms with Gasteiger partial charge in [0.1, 0.15) is 24.3 Å². The van der Waals surface area contributed by atoms with Crippen molar-refractivity contribution >= 4 is 28.9 Å². The molecule has 2 aromatic rings. The number of benzene rings is 1. The summed E-state index contributed by atoms with van der Waals surface area (Å²) in [5, 5.41) is 3.34. The number of esters is 1. The number of unbranched alkanes of at least 4 members (excludes halogenated alkanes) is 1. The van der Waals surface area contributed by atoms with Gasteiger partial charge >= 0.3 is 17.6 Å². The SMILES string of the molecule is CCCC[C@@]1(C)NC(=O)N(CC(=O)OCc2cc(=O)oc3c(C)c(C)ccc23)C1=O. The zero-order valence-electron chi connectivity index (χ0n) is 17.7. The van der Waals surface area contributed by atoms with Crippen molar-refractivity contribution in [2.45, 2.75) is 59.1 Å². The molecule has 8 heteroatoms. The minimum absolute atomic E-state index is 0.166. The Morgan fingerprint density at radius 3 is 2.67 bits per heavy atom. The molecule has 160 valence electrons. The van der Waals surface area contributed by atoms with Gasteiger partial charge in [-0.05, 0) is 38.3 Å². The molecule has 1 aromatic heterocycles. The number of carbonyl (C=O) groups is 3. The van der Waals surface area contributed by atoms with E-state index in [0.717, 1.165) is 28.9 Å². The van der Waals surface area contributed by atoms with Crippen LogP contribution in [0.25, 0.3) is 11.0 Å². The summed E-state index contributed by atoms with van der Waals surface area (Å²) in [5.41, 5.74) is 1.23. The van der Waals surface area contributed by atoms with E-state index < -0.39 is 35.6 Å². The van der Waals surface area contributed by atoms with Gasteiger partial charge in [-0.2, -0.15) is 0 Å². The summed E-state index contributed by atoms with van der Waals surface area (Å²) >= 11 is 0. The molecule has 3 rings (SSSR count). The van der Waals surface area contributed by atoms with Crippen LogP contribution in [0.1, 0.15) is 49.8 Å². The van der Waals surface area contributed by atoms with E-state index in [1.165, 1.54) is 6.07 Å². The van der Waals surface area contributed by atoms with Gasteiger partial charge in [0.2, 0.25) is 0 Å². The normalized spacial score (nSPS) is 18.7. The van der Waals surface area contributed by atoms with Crippen molar-refractivity contribution in [1.82, 2.24) is 10.2 Å². The first-order chi connectivity index (χ1) is 14.2. The molecule has 0 bridgehead atoms. The third-order valence-electron chi connectivity index (χ3n) is 5.57. The molecule has 8 nitrogen and oxygen atoms in total. The topological polar surface area (TPSA) is 106 Å². The van der Waals surface area contributed by atoms with Gasteiger partial charge in [0.25, 0.3) is 5.91 Å². The number of rotatable bonds is 7. The van der Waals surface area contributed by atoms with Gasteiger partial charge in [-0.25, -0.2) is 9.59 Å². The maximum Gasteiger partial charge on any atom is 0.336 e. The highest BCUT2D eigenvalue weighted by atomic mass is 16.5. The second kappa shape index (κ2) is 8.30. The van der Waals surface area contributed by atoms with Crippen LogP contribution in [0.2, 0.25) is 0 Å². The second-order valence-corrected chi connectivity index (χ2v) is 7.89. The number of hydrogen-bond donors (Lipinski definition) is 1. The van der Waals surface area contributed by atoms with E-state index in [0.29, 0.717) is 23.0 Å². The molecule has 1 aliphatic rings. The van der Waals surface area contributed by atoms with Gasteiger partial charge in [-0.15, -0.1) is 0 Å². The van der Waals surface area contributed by atoms with Crippen molar-refractivity contribution in [1.29, 1.82) is 0 Å². The average molecular weight is 414 g/mol. The van der Waals surface area contributed by atoms with Crippen LogP contribution in [-0.4, -0.2) is 34.9 Å². The predicted octanol–water partition coefficient (Wildman–Crippen LogP) is 2.95. The number of imide groups is 1. The monoisotopic (exact) mass is 414 g/mol. The van der Waals surface area contributed by atoms with E-state index in [4.69, 9.17) is 9.15 Å². The van der Waals surface area contributed by atoms with Gasteiger partial charge in [0, 0.05) is 17.0 Å². The number of nitrogens with one attached hydrogen (secondary N) is 1. The van der Waals surface area contributed by atoms with Crippen LogP contribution in [0.4, 0.5) is 4.79 Å². The van der Waals surface area contributed by atoms with Crippen molar-refractivity contribution in [2.75, 3.05) is 6.54 Å². The Morgan fingerprint density at radius 1 is 1.23 bits per heavy atom. The Hall–Kier alpha value is -3.16. The van der Waals surface area contributed by atoms with E-state index in [2.05, 4.69) is 5.32 Å². The summed E-state index contributed by atoms with van der Waals surface area (Å²) in [7, 11) is 0. The van der Waals surface area contributed by atoms with Crippen molar-refractivity contribution < 1.29 is 23.5 Å². The lowest BCUT2D eigenvalue weighted by Crippen LogP contribution is -2.44. The molecule has 1 atom stereocenters. The summed E-state index contributed by atoms with van der Waals surface area (Å²) in [5.74, 6) is -1.17. The van der Waals surface area contributed by atoms with Crippen molar-refractivity contribution in [3.8, 4) is 0 Å². The molecule has 1 aromatic carbocycles. The number of hydrogen-bond acceptors (Lipinski definition) is 6. The summed E-state index contributed by atoms with van der Waals surface area (Å²) in [6, 6.07) is 4.38. The molecule has 2 heterocycles. The summed E-state index contributed by atoms with van der Waals surface area (Å²) in [6.07, 6.45) is 2.17. The van der Waals surface area contributed by atoms with Gasteiger partial charge in [0.05, 0.1) is 0 Å². The number of aryl methyl sites for hydroxylation is 2. The first kappa shape index (κ1) is 21.5. The molecule has 0 saturated carbocycles. The van der Waals surface area contributed by atoms with E-state index in [1.807, 2.05) is 26.8 Å². The van der Waals surface area contributed by atoms with Crippen molar-refractivity contribution in [3.05, 3.63) is 45.3 Å². The highest BCUT2D eigenvalue weighted by molar-refractivity contribution is 6.08. The maximum atomic E-state index is 12.6. The lowest BCUT2D eigenvalue weighted by Gasteiger charge is -2.21. The fourth-order valence-electron chi connectivity index (χ4n) is 3.57. The minimum atomic E-state index is -1.00. The van der Waals surface area contributed by atoms with Crippen molar-refractivity contribution in [2.24, 2.45) is 0 Å². The fourth-order valence-corrected chi connectivity index (χ4v) is 3.57. The molecule has 3 amide bonds. The lowest BCUT2D eigenvalue weighted by molar-refractivity contribution is -0.148. The smallest absolute Gasteiger partial charge is 0.336 e. The quantitative estimate of drug-likeness (QED) is 0.424. The molecule has 0 aliphatic carbocycles. The fraction of sp³-hybridized carbons (Fsp3) is 0.455. The van der Waals surface area contributed by atoms with Crippen molar-refractivity contribution in [3.63, 3.8) is 0 Å². The van der Waals surface area contributed by atoms with E-state index in [-0.39, 0.29) is 6.61 Å². The molecule has 0 unspecified atom stereocenters. The first-order valence-corrected chi connectivity index (χ1v) is 9.99. The van der Waals surface area contributed by atoms with Crippen LogP contribution in [0, 0.1) is 13.8 Å². The van der Waals surface area contributed by atoms with Gasteiger partial charge in [-0.1, -0.05) is 31.9 Å². The molecule has 1 fully saturated rings. The Kier molecular flexibility index (Phi) is 5.96. The molecule has 0 radical (unpaired) electrons. The van der Waals surface area contributed by atoms with E-state index in [9.17, 15) is 19.2 Å². The standard InChI is InChI=1S/C22H26N2O6/c1-5-6-9-22(4)20(27)24(21(28)23-22)11-18(26)29-12-15-10-17(25)30-19-14(3)13(2)7-8-16(15)19/h7-8,10H,5-6,9,11-12H2,1-4H3,(H,23,28)/t22-/m1/s1.